The molecule has 15 nitrogen and oxygen atoms in total. The second-order valence-corrected chi connectivity index (χ2v) is 15.5. The molecule has 2 aromatic carbocycles. The van der Waals surface area contributed by atoms with Gasteiger partial charge in [0.2, 0.25) is 5.91 Å². The fraction of sp³-hybridized carbons (Fsp3) is 0.514. The summed E-state index contributed by atoms with van der Waals surface area (Å²) in [6.45, 7) is 6.38. The van der Waals surface area contributed by atoms with Crippen molar-refractivity contribution in [1.29, 1.82) is 0 Å². The number of nitro benzene ring substituents is 2. The topological polar surface area (TPSA) is 183 Å². The molecule has 6 atom stereocenters. The number of nitrogens with zero attached hydrogens (tertiary/aromatic N) is 5. The molecule has 16 heteroatoms. The molecule has 0 saturated carbocycles. The van der Waals surface area contributed by atoms with Gasteiger partial charge in [-0.2, -0.15) is 0 Å². The van der Waals surface area contributed by atoms with E-state index in [0.29, 0.717) is 29.0 Å². The quantitative estimate of drug-likeness (QED) is 0.108. The first-order chi connectivity index (χ1) is 24.3. The fourth-order valence-electron chi connectivity index (χ4n) is 7.87. The Hall–Kier alpha value is -4.54. The van der Waals surface area contributed by atoms with Crippen molar-refractivity contribution < 1.29 is 43.3 Å². The smallest absolute Gasteiger partial charge is 0.410 e. The van der Waals surface area contributed by atoms with Crippen LogP contribution in [0.5, 0.6) is 0 Å². The van der Waals surface area contributed by atoms with Crippen molar-refractivity contribution in [3.05, 3.63) is 90.5 Å². The molecule has 6 rings (SSSR count). The van der Waals surface area contributed by atoms with E-state index in [1.54, 1.807) is 24.0 Å². The molecule has 272 valence electrons. The van der Waals surface area contributed by atoms with E-state index in [2.05, 4.69) is 7.05 Å². The Balaban J connectivity index is 1.21. The predicted molar refractivity (Wildman–Crippen MR) is 185 cm³/mol. The molecular formula is C35H42N5O10S+. The molecule has 0 aliphatic carbocycles. The lowest BCUT2D eigenvalue weighted by Crippen LogP contribution is -2.63. The van der Waals surface area contributed by atoms with Crippen molar-refractivity contribution in [3.63, 3.8) is 0 Å². The average Bonchev–Trinajstić information content (AvgIpc) is 3.77. The minimum absolute atomic E-state index is 0.0452. The molecule has 4 aliphatic heterocycles. The summed E-state index contributed by atoms with van der Waals surface area (Å²) >= 11 is 1.46. The van der Waals surface area contributed by atoms with E-state index in [1.165, 1.54) is 53.1 Å². The zero-order valence-corrected chi connectivity index (χ0v) is 29.5. The number of aliphatic hydroxyl groups is 1. The highest BCUT2D eigenvalue weighted by Gasteiger charge is 2.60. The van der Waals surface area contributed by atoms with Crippen molar-refractivity contribution in [2.45, 2.75) is 69.8 Å². The number of carbonyl (C=O) groups is 3. The summed E-state index contributed by atoms with van der Waals surface area (Å²) in [6, 6.07) is 11.0. The molecule has 3 saturated heterocycles. The van der Waals surface area contributed by atoms with Crippen LogP contribution in [0.1, 0.15) is 44.2 Å². The molecule has 0 spiro atoms. The van der Waals surface area contributed by atoms with Crippen LogP contribution in [0, 0.1) is 32.1 Å². The Kier molecular flexibility index (Phi) is 10.4. The highest BCUT2D eigenvalue weighted by molar-refractivity contribution is 8.03. The second kappa shape index (κ2) is 14.6. The number of hydrogen-bond acceptors (Lipinski definition) is 11. The monoisotopic (exact) mass is 724 g/mol. The van der Waals surface area contributed by atoms with Crippen LogP contribution < -0.4 is 0 Å². The average molecular weight is 725 g/mol. The molecule has 4 heterocycles. The zero-order valence-electron chi connectivity index (χ0n) is 28.7. The first-order valence-corrected chi connectivity index (χ1v) is 18.0. The largest absolute Gasteiger partial charge is 0.456 e. The van der Waals surface area contributed by atoms with Gasteiger partial charge >= 0.3 is 12.1 Å². The van der Waals surface area contributed by atoms with E-state index in [0.717, 1.165) is 37.0 Å². The molecule has 1 N–H and O–H groups in total. The third-order valence-electron chi connectivity index (χ3n) is 10.5. The van der Waals surface area contributed by atoms with Gasteiger partial charge in [-0.05, 0) is 48.7 Å². The number of quaternary nitrogens is 1. The molecule has 0 aromatic heterocycles. The third kappa shape index (κ3) is 7.44. The van der Waals surface area contributed by atoms with Gasteiger partial charge < -0.3 is 24.0 Å². The zero-order chi connectivity index (χ0) is 36.6. The Morgan fingerprint density at radius 1 is 0.980 bits per heavy atom. The van der Waals surface area contributed by atoms with E-state index < -0.39 is 40.0 Å². The van der Waals surface area contributed by atoms with Gasteiger partial charge in [-0.15, -0.1) is 11.8 Å². The number of carbonyl (C=O) groups excluding carboxylic acids is 3. The number of thioether (sulfide) groups is 1. The van der Waals surface area contributed by atoms with Gasteiger partial charge in [-0.3, -0.25) is 29.9 Å². The molecule has 0 unspecified atom stereocenters. The van der Waals surface area contributed by atoms with Crippen LogP contribution in [0.3, 0.4) is 0 Å². The number of benzene rings is 2. The van der Waals surface area contributed by atoms with Gasteiger partial charge in [-0.1, -0.05) is 6.92 Å². The number of β-lactam (4-membered cyclic amide) rings is 1. The maximum absolute atomic E-state index is 13.7. The number of esters is 1. The van der Waals surface area contributed by atoms with Crippen LogP contribution in [0.4, 0.5) is 16.2 Å². The van der Waals surface area contributed by atoms with Gasteiger partial charge in [0.25, 0.3) is 11.4 Å². The van der Waals surface area contributed by atoms with E-state index in [4.69, 9.17) is 9.47 Å². The first-order valence-electron chi connectivity index (χ1n) is 17.1. The number of amides is 2. The van der Waals surface area contributed by atoms with Crippen molar-refractivity contribution in [1.82, 2.24) is 9.80 Å². The number of rotatable bonds is 12. The van der Waals surface area contributed by atoms with Crippen molar-refractivity contribution in [2.75, 3.05) is 33.2 Å². The maximum Gasteiger partial charge on any atom is 0.410 e. The molecule has 2 amide bonds. The summed E-state index contributed by atoms with van der Waals surface area (Å²) in [5.41, 5.74) is 1.16. The minimum Gasteiger partial charge on any atom is -0.456 e. The van der Waals surface area contributed by atoms with Crippen LogP contribution >= 0.6 is 11.8 Å². The van der Waals surface area contributed by atoms with E-state index in [-0.39, 0.29) is 53.4 Å². The van der Waals surface area contributed by atoms with Crippen molar-refractivity contribution in [2.24, 2.45) is 11.8 Å². The maximum atomic E-state index is 13.7. The third-order valence-corrected chi connectivity index (χ3v) is 12.0. The molecule has 0 bridgehead atoms. The van der Waals surface area contributed by atoms with Crippen LogP contribution in [-0.4, -0.2) is 104 Å². The lowest BCUT2D eigenvalue weighted by molar-refractivity contribution is -0.899. The van der Waals surface area contributed by atoms with E-state index >= 15 is 0 Å². The van der Waals surface area contributed by atoms with Crippen LogP contribution in [0.2, 0.25) is 0 Å². The number of likely N-dealkylation sites (N-methyl/N-ethyl adjacent to an activating group) is 1. The molecule has 4 aliphatic rings. The Bertz CT molecular complexity index is 1730. The molecule has 51 heavy (non-hydrogen) atoms. The van der Waals surface area contributed by atoms with Gasteiger partial charge in [0, 0.05) is 59.7 Å². The number of nitro groups is 2. The van der Waals surface area contributed by atoms with Gasteiger partial charge in [0.15, 0.2) is 0 Å². The molecular weight excluding hydrogens is 682 g/mol. The highest BCUT2D eigenvalue weighted by atomic mass is 32.2. The van der Waals surface area contributed by atoms with Crippen LogP contribution in [0.25, 0.3) is 0 Å². The highest BCUT2D eigenvalue weighted by Crippen LogP contribution is 2.52. The van der Waals surface area contributed by atoms with Crippen LogP contribution in [0.15, 0.2) is 59.1 Å². The van der Waals surface area contributed by atoms with Gasteiger partial charge in [-0.25, -0.2) is 9.59 Å². The Morgan fingerprint density at radius 2 is 1.53 bits per heavy atom. The van der Waals surface area contributed by atoms with E-state index in [9.17, 15) is 39.7 Å². The van der Waals surface area contributed by atoms with Crippen molar-refractivity contribution in [3.8, 4) is 0 Å². The number of non-ortho nitro benzene ring substituents is 2. The lowest BCUT2D eigenvalue weighted by Gasteiger charge is -2.46. The van der Waals surface area contributed by atoms with Gasteiger partial charge in [0.05, 0.1) is 60.6 Å². The lowest BCUT2D eigenvalue weighted by atomic mass is 9.79. The standard InChI is InChI=1S/C35H42N5O10S/c1-21-30-29(22(2)41)33(42)37(30)31(34(43)49-19-23-6-10-25(11-7-23)38(45)46)32(21)51-28-16-27(18-40(3)14-4-5-15-40)36(17-28)35(44)50-20-24-8-12-26(13-9-24)39(47)48/h6-13,21-22,27-30,41H,4-5,14-20H2,1-3H3/q+1/t21-,22-,27+,28+,29-,30-/m1/s1. The first kappa shape index (κ1) is 36.3. The summed E-state index contributed by atoms with van der Waals surface area (Å²) in [6.07, 6.45) is 1.45. The summed E-state index contributed by atoms with van der Waals surface area (Å²) in [7, 11) is 2.20. The number of ether oxygens (including phenoxy) is 2. The predicted octanol–water partition coefficient (Wildman–Crippen LogP) is 4.37. The number of likely N-dealkylation sites (tertiary alicyclic amines) is 2. The Morgan fingerprint density at radius 3 is 2.06 bits per heavy atom. The van der Waals surface area contributed by atoms with Crippen molar-refractivity contribution >= 4 is 41.1 Å². The van der Waals surface area contributed by atoms with Gasteiger partial charge in [0.1, 0.15) is 18.9 Å². The fourth-order valence-corrected chi connectivity index (χ4v) is 9.43. The SMILES string of the molecule is C[C@@H](O)[C@H]1C(=O)N2C(C(=O)OCc3ccc([N+](=O)[O-])cc3)=C(S[C@H]3C[C@@H](C[N+]4(C)CCCC4)N(C(=O)OCc4ccc([N+](=O)[O-])cc4)C3)[C@H](C)[C@H]12. The molecule has 3 fully saturated rings. The number of aliphatic hydroxyl groups excluding tert-OH is 1. The second-order valence-electron chi connectivity index (χ2n) is 14.2. The molecule has 0 radical (unpaired) electrons. The van der Waals surface area contributed by atoms with Crippen LogP contribution in [-0.2, 0) is 32.3 Å². The minimum atomic E-state index is -0.912. The summed E-state index contributed by atoms with van der Waals surface area (Å²) in [5, 5.41) is 32.4. The summed E-state index contributed by atoms with van der Waals surface area (Å²) < 4.78 is 12.2. The normalized spacial score (nSPS) is 25.7. The summed E-state index contributed by atoms with van der Waals surface area (Å²) in [5.74, 6) is -2.00. The molecule has 2 aromatic rings. The summed E-state index contributed by atoms with van der Waals surface area (Å²) in [4.78, 5) is 65.6. The Labute approximate surface area is 299 Å². The number of fused-ring (bicyclic) bond motifs is 1. The number of hydrogen-bond donors (Lipinski definition) is 1. The van der Waals surface area contributed by atoms with E-state index in [1.807, 2.05) is 6.92 Å².